The summed E-state index contributed by atoms with van der Waals surface area (Å²) in [5.74, 6) is -0.140. The number of nitrogens with zero attached hydrogens (tertiary/aromatic N) is 2. The Bertz CT molecular complexity index is 525. The normalized spacial score (nSPS) is 12.7. The molecule has 0 saturated heterocycles. The van der Waals surface area contributed by atoms with Gasteiger partial charge in [0.15, 0.2) is 0 Å². The molecule has 1 atom stereocenters. The van der Waals surface area contributed by atoms with Crippen molar-refractivity contribution in [3.63, 3.8) is 0 Å². The number of benzene rings is 1. The van der Waals surface area contributed by atoms with Crippen LogP contribution in [0.3, 0.4) is 0 Å². The van der Waals surface area contributed by atoms with Crippen molar-refractivity contribution in [1.29, 1.82) is 0 Å². The highest BCUT2D eigenvalue weighted by Crippen LogP contribution is 2.23. The number of aromatic nitrogens is 2. The first-order valence-corrected chi connectivity index (χ1v) is 5.40. The summed E-state index contributed by atoms with van der Waals surface area (Å²) in [6, 6.07) is 4.74. The smallest absolute Gasteiger partial charge is 0.260 e. The molecule has 1 aromatic carbocycles. The van der Waals surface area contributed by atoms with Crippen molar-refractivity contribution in [2.75, 3.05) is 0 Å². The van der Waals surface area contributed by atoms with E-state index in [4.69, 9.17) is 4.52 Å². The lowest BCUT2D eigenvalue weighted by molar-refractivity contribution is 0.159. The Morgan fingerprint density at radius 3 is 2.88 bits per heavy atom. The maximum absolute atomic E-state index is 13.6. The van der Waals surface area contributed by atoms with E-state index in [9.17, 15) is 9.50 Å². The molecule has 1 aromatic heterocycles. The minimum Gasteiger partial charge on any atom is -0.385 e. The molecule has 0 bridgehead atoms. The molecule has 1 N–H and O–H groups in total. The fourth-order valence-electron chi connectivity index (χ4n) is 1.46. The molecule has 0 saturated carbocycles. The summed E-state index contributed by atoms with van der Waals surface area (Å²) in [7, 11) is 0. The summed E-state index contributed by atoms with van der Waals surface area (Å²) in [5, 5.41) is 13.1. The summed E-state index contributed by atoms with van der Waals surface area (Å²) < 4.78 is 18.6. The first kappa shape index (κ1) is 11.7. The molecule has 0 aliphatic rings. The molecule has 2 aromatic rings. The van der Waals surface area contributed by atoms with E-state index in [-0.39, 0.29) is 17.3 Å². The molecule has 0 aliphatic heterocycles. The van der Waals surface area contributed by atoms with Gasteiger partial charge in [-0.3, -0.25) is 0 Å². The highest BCUT2D eigenvalue weighted by molar-refractivity contribution is 5.54. The van der Waals surface area contributed by atoms with Gasteiger partial charge in [0.25, 0.3) is 5.89 Å². The van der Waals surface area contributed by atoms with Crippen molar-refractivity contribution in [2.24, 2.45) is 0 Å². The number of aliphatic hydroxyl groups excluding tert-OH is 1. The molecule has 2 rings (SSSR count). The van der Waals surface area contributed by atoms with Crippen molar-refractivity contribution < 1.29 is 14.0 Å². The van der Waals surface area contributed by atoms with Crippen LogP contribution in [0.1, 0.15) is 30.8 Å². The van der Waals surface area contributed by atoms with Gasteiger partial charge < -0.3 is 9.63 Å². The predicted molar refractivity (Wildman–Crippen MR) is 59.7 cm³/mol. The number of aryl methyl sites for hydroxylation is 1. The van der Waals surface area contributed by atoms with E-state index in [1.165, 1.54) is 6.07 Å². The summed E-state index contributed by atoms with van der Waals surface area (Å²) in [5.41, 5.74) is 1.07. The largest absolute Gasteiger partial charge is 0.385 e. The lowest BCUT2D eigenvalue weighted by Crippen LogP contribution is -1.97. The van der Waals surface area contributed by atoms with Crippen molar-refractivity contribution in [1.82, 2.24) is 10.1 Å². The van der Waals surface area contributed by atoms with E-state index in [0.717, 1.165) is 5.56 Å². The summed E-state index contributed by atoms with van der Waals surface area (Å²) in [6.07, 6.45) is -0.295. The van der Waals surface area contributed by atoms with Crippen LogP contribution >= 0.6 is 0 Å². The van der Waals surface area contributed by atoms with Gasteiger partial charge >= 0.3 is 0 Å². The van der Waals surface area contributed by atoms with Gasteiger partial charge in [0.1, 0.15) is 11.9 Å². The minimum absolute atomic E-state index is 0.0880. The van der Waals surface area contributed by atoms with E-state index < -0.39 is 11.9 Å². The van der Waals surface area contributed by atoms with Crippen LogP contribution in [0.4, 0.5) is 4.39 Å². The maximum Gasteiger partial charge on any atom is 0.260 e. The molecule has 0 radical (unpaired) electrons. The molecule has 4 nitrogen and oxygen atoms in total. The van der Waals surface area contributed by atoms with E-state index in [1.54, 1.807) is 26.0 Å². The van der Waals surface area contributed by atoms with Gasteiger partial charge in [-0.1, -0.05) is 18.1 Å². The SMILES string of the molecule is CCC(O)c1noc(-c2ccc(C)cc2F)n1. The zero-order valence-corrected chi connectivity index (χ0v) is 9.64. The second kappa shape index (κ2) is 4.63. The molecule has 0 spiro atoms. The monoisotopic (exact) mass is 236 g/mol. The average molecular weight is 236 g/mol. The van der Waals surface area contributed by atoms with Crippen LogP contribution in [-0.2, 0) is 0 Å². The molecular formula is C12H13FN2O2. The van der Waals surface area contributed by atoms with Gasteiger partial charge in [-0.15, -0.1) is 0 Å². The number of hydrogen-bond acceptors (Lipinski definition) is 4. The number of hydrogen-bond donors (Lipinski definition) is 1. The van der Waals surface area contributed by atoms with Crippen molar-refractivity contribution >= 4 is 0 Å². The Morgan fingerprint density at radius 2 is 2.24 bits per heavy atom. The number of rotatable bonds is 3. The highest BCUT2D eigenvalue weighted by Gasteiger charge is 2.17. The van der Waals surface area contributed by atoms with Crippen molar-refractivity contribution in [3.05, 3.63) is 35.4 Å². The van der Waals surface area contributed by atoms with Gasteiger partial charge in [-0.2, -0.15) is 4.98 Å². The fraction of sp³-hybridized carbons (Fsp3) is 0.333. The topological polar surface area (TPSA) is 59.2 Å². The lowest BCUT2D eigenvalue weighted by atomic mass is 10.1. The third kappa shape index (κ3) is 2.34. The van der Waals surface area contributed by atoms with Crippen molar-refractivity contribution in [2.45, 2.75) is 26.4 Å². The zero-order valence-electron chi connectivity index (χ0n) is 9.64. The summed E-state index contributed by atoms with van der Waals surface area (Å²) in [6.45, 7) is 3.60. The first-order valence-electron chi connectivity index (χ1n) is 5.40. The summed E-state index contributed by atoms with van der Waals surface area (Å²) in [4.78, 5) is 3.97. The molecule has 1 unspecified atom stereocenters. The average Bonchev–Trinajstić information content (AvgIpc) is 2.77. The third-order valence-corrected chi connectivity index (χ3v) is 2.48. The Hall–Kier alpha value is -1.75. The highest BCUT2D eigenvalue weighted by atomic mass is 19.1. The molecule has 0 aliphatic carbocycles. The first-order chi connectivity index (χ1) is 8.11. The van der Waals surface area contributed by atoms with Crippen LogP contribution in [-0.4, -0.2) is 15.2 Å². The second-order valence-corrected chi connectivity index (χ2v) is 3.87. The van der Waals surface area contributed by atoms with E-state index in [2.05, 4.69) is 10.1 Å². The molecule has 0 fully saturated rings. The van der Waals surface area contributed by atoms with E-state index in [1.807, 2.05) is 0 Å². The third-order valence-electron chi connectivity index (χ3n) is 2.48. The number of halogens is 1. The summed E-state index contributed by atoms with van der Waals surface area (Å²) >= 11 is 0. The molecule has 1 heterocycles. The predicted octanol–water partition coefficient (Wildman–Crippen LogP) is 2.63. The molecule has 5 heteroatoms. The van der Waals surface area contributed by atoms with Gasteiger partial charge in [0.05, 0.1) is 5.56 Å². The fourth-order valence-corrected chi connectivity index (χ4v) is 1.46. The molecule has 90 valence electrons. The van der Waals surface area contributed by atoms with Gasteiger partial charge in [0.2, 0.25) is 5.82 Å². The Morgan fingerprint density at radius 1 is 1.47 bits per heavy atom. The van der Waals surface area contributed by atoms with E-state index in [0.29, 0.717) is 6.42 Å². The molecule has 17 heavy (non-hydrogen) atoms. The Balaban J connectivity index is 2.37. The van der Waals surface area contributed by atoms with Crippen LogP contribution < -0.4 is 0 Å². The van der Waals surface area contributed by atoms with Gasteiger partial charge in [0, 0.05) is 0 Å². The van der Waals surface area contributed by atoms with Crippen LogP contribution in [0.25, 0.3) is 11.5 Å². The Labute approximate surface area is 98.1 Å². The van der Waals surface area contributed by atoms with Crippen LogP contribution in [0.5, 0.6) is 0 Å². The quantitative estimate of drug-likeness (QED) is 0.889. The van der Waals surface area contributed by atoms with E-state index >= 15 is 0 Å². The number of aliphatic hydroxyl groups is 1. The maximum atomic E-state index is 13.6. The minimum atomic E-state index is -0.777. The lowest BCUT2D eigenvalue weighted by Gasteiger charge is -1.99. The Kier molecular flexibility index (Phi) is 3.19. The van der Waals surface area contributed by atoms with Gasteiger partial charge in [-0.25, -0.2) is 4.39 Å². The molecule has 0 amide bonds. The zero-order chi connectivity index (χ0) is 12.4. The standard InChI is InChI=1S/C12H13FN2O2/c1-3-10(16)11-14-12(17-15-11)8-5-4-7(2)6-9(8)13/h4-6,10,16H,3H2,1-2H3. The van der Waals surface area contributed by atoms with Crippen LogP contribution in [0.15, 0.2) is 22.7 Å². The second-order valence-electron chi connectivity index (χ2n) is 3.87. The van der Waals surface area contributed by atoms with Crippen LogP contribution in [0.2, 0.25) is 0 Å². The van der Waals surface area contributed by atoms with Crippen LogP contribution in [0, 0.1) is 12.7 Å². The van der Waals surface area contributed by atoms with Crippen molar-refractivity contribution in [3.8, 4) is 11.5 Å². The molecular weight excluding hydrogens is 223 g/mol. The van der Waals surface area contributed by atoms with Gasteiger partial charge in [-0.05, 0) is 31.0 Å².